The highest BCUT2D eigenvalue weighted by molar-refractivity contribution is 7.12. The molecular weight excluding hydrogens is 432 g/mol. The highest BCUT2D eigenvalue weighted by atomic mass is 32.1. The van der Waals surface area contributed by atoms with Crippen molar-refractivity contribution in [1.29, 1.82) is 5.26 Å². The molecule has 1 saturated carbocycles. The molecule has 2 fully saturated rings. The molecule has 0 bridgehead atoms. The second-order valence-electron chi connectivity index (χ2n) is 8.84. The number of ether oxygens (including phenoxy) is 1. The molecule has 1 amide bonds. The van der Waals surface area contributed by atoms with Gasteiger partial charge in [-0.1, -0.05) is 43.5 Å². The second kappa shape index (κ2) is 9.80. The number of hydrogen-bond donors (Lipinski definition) is 0. The summed E-state index contributed by atoms with van der Waals surface area (Å²) in [5.41, 5.74) is 2.22. The molecule has 1 aliphatic heterocycles. The molecule has 0 spiro atoms. The van der Waals surface area contributed by atoms with Crippen molar-refractivity contribution < 1.29 is 9.53 Å². The third-order valence-electron chi connectivity index (χ3n) is 6.74. The van der Waals surface area contributed by atoms with Crippen molar-refractivity contribution in [3.05, 3.63) is 52.2 Å². The lowest BCUT2D eigenvalue weighted by Crippen LogP contribution is -2.49. The maximum absolute atomic E-state index is 12.8. The molecule has 0 unspecified atom stereocenters. The largest absolute Gasteiger partial charge is 0.476 e. The normalized spacial score (nSPS) is 17.2. The summed E-state index contributed by atoms with van der Waals surface area (Å²) in [6, 6.07) is 14.1. The van der Waals surface area contributed by atoms with Gasteiger partial charge in [0, 0.05) is 31.6 Å². The Morgan fingerprint density at radius 3 is 2.61 bits per heavy atom. The number of benzene rings is 1. The Morgan fingerprint density at radius 2 is 1.88 bits per heavy atom. The lowest BCUT2D eigenvalue weighted by molar-refractivity contribution is 0.0751. The number of para-hydroxylation sites is 1. The van der Waals surface area contributed by atoms with Gasteiger partial charge in [-0.15, -0.1) is 11.3 Å². The monoisotopic (exact) mass is 460 g/mol. The predicted octanol–water partition coefficient (Wildman–Crippen LogP) is 5.09. The molecule has 33 heavy (non-hydrogen) atoms. The van der Waals surface area contributed by atoms with E-state index in [0.29, 0.717) is 50.1 Å². The summed E-state index contributed by atoms with van der Waals surface area (Å²) in [5, 5.41) is 13.0. The molecule has 5 rings (SSSR count). The van der Waals surface area contributed by atoms with E-state index in [4.69, 9.17) is 9.72 Å². The quantitative estimate of drug-likeness (QED) is 0.530. The van der Waals surface area contributed by atoms with Crippen molar-refractivity contribution in [2.45, 2.75) is 32.1 Å². The minimum absolute atomic E-state index is 0.0845. The number of carbonyl (C=O) groups is 1. The molecule has 0 atom stereocenters. The average molecular weight is 461 g/mol. The van der Waals surface area contributed by atoms with Crippen LogP contribution in [-0.4, -0.2) is 48.6 Å². The van der Waals surface area contributed by atoms with Crippen molar-refractivity contribution in [3.8, 4) is 11.9 Å². The summed E-state index contributed by atoms with van der Waals surface area (Å²) in [7, 11) is 0. The van der Waals surface area contributed by atoms with Crippen LogP contribution in [0.3, 0.4) is 0 Å². The molecule has 2 aromatic heterocycles. The number of pyridine rings is 1. The van der Waals surface area contributed by atoms with E-state index in [-0.39, 0.29) is 5.91 Å². The van der Waals surface area contributed by atoms with Gasteiger partial charge in [0.2, 0.25) is 5.88 Å². The maximum Gasteiger partial charge on any atom is 0.264 e. The zero-order valence-corrected chi connectivity index (χ0v) is 19.5. The van der Waals surface area contributed by atoms with Crippen LogP contribution in [0.15, 0.2) is 41.8 Å². The topological polar surface area (TPSA) is 69.5 Å². The molecule has 3 heterocycles. The van der Waals surface area contributed by atoms with Crippen molar-refractivity contribution >= 4 is 33.8 Å². The summed E-state index contributed by atoms with van der Waals surface area (Å²) in [4.78, 5) is 22.4. The molecule has 1 aliphatic carbocycles. The van der Waals surface area contributed by atoms with Crippen LogP contribution in [0, 0.1) is 17.2 Å². The lowest BCUT2D eigenvalue weighted by atomic mass is 9.90. The molecule has 0 radical (unpaired) electrons. The van der Waals surface area contributed by atoms with E-state index in [0.717, 1.165) is 21.5 Å². The highest BCUT2D eigenvalue weighted by Gasteiger charge is 2.27. The van der Waals surface area contributed by atoms with Crippen LogP contribution in [0.1, 0.15) is 47.3 Å². The number of nitrogens with zero attached hydrogens (tertiary/aromatic N) is 4. The first kappa shape index (κ1) is 21.7. The number of piperazine rings is 1. The molecule has 1 aromatic carbocycles. The minimum atomic E-state index is 0.0845. The molecule has 170 valence electrons. The fourth-order valence-corrected chi connectivity index (χ4v) is 5.64. The Balaban J connectivity index is 1.41. The maximum atomic E-state index is 12.8. The first-order chi connectivity index (χ1) is 16.2. The molecular formula is C26H28N4O2S. The number of nitriles is 1. The SMILES string of the molecule is N#Cc1c(OCC2CCCCC2)nc2ccccc2c1N1CCN(C(=O)c2cccs2)CC1. The fraction of sp³-hybridized carbons (Fsp3) is 0.423. The summed E-state index contributed by atoms with van der Waals surface area (Å²) < 4.78 is 6.19. The van der Waals surface area contributed by atoms with Gasteiger partial charge in [-0.05, 0) is 36.3 Å². The van der Waals surface area contributed by atoms with Crippen molar-refractivity contribution in [3.63, 3.8) is 0 Å². The summed E-state index contributed by atoms with van der Waals surface area (Å²) in [5.74, 6) is 1.06. The number of aromatic nitrogens is 1. The van der Waals surface area contributed by atoms with Crippen molar-refractivity contribution in [2.75, 3.05) is 37.7 Å². The Hall–Kier alpha value is -3.11. The Kier molecular flexibility index (Phi) is 6.45. The Bertz CT molecular complexity index is 1160. The fourth-order valence-electron chi connectivity index (χ4n) is 4.95. The van der Waals surface area contributed by atoms with E-state index in [1.165, 1.54) is 43.4 Å². The van der Waals surface area contributed by atoms with Crippen molar-refractivity contribution in [1.82, 2.24) is 9.88 Å². The lowest BCUT2D eigenvalue weighted by Gasteiger charge is -2.37. The summed E-state index contributed by atoms with van der Waals surface area (Å²) in [6.07, 6.45) is 6.18. The van der Waals surface area contributed by atoms with Crippen molar-refractivity contribution in [2.24, 2.45) is 5.92 Å². The van der Waals surface area contributed by atoms with Gasteiger partial charge in [-0.3, -0.25) is 4.79 Å². The van der Waals surface area contributed by atoms with E-state index in [2.05, 4.69) is 11.0 Å². The van der Waals surface area contributed by atoms with Gasteiger partial charge >= 0.3 is 0 Å². The van der Waals surface area contributed by atoms with Crippen LogP contribution in [0.4, 0.5) is 5.69 Å². The van der Waals surface area contributed by atoms with Gasteiger partial charge in [0.15, 0.2) is 0 Å². The van der Waals surface area contributed by atoms with E-state index < -0.39 is 0 Å². The van der Waals surface area contributed by atoms with Crippen LogP contribution in [-0.2, 0) is 0 Å². The van der Waals surface area contributed by atoms with Gasteiger partial charge < -0.3 is 14.5 Å². The number of carbonyl (C=O) groups excluding carboxylic acids is 1. The molecule has 2 aliphatic rings. The number of amides is 1. The first-order valence-electron chi connectivity index (χ1n) is 11.8. The van der Waals surface area contributed by atoms with Crippen LogP contribution in [0.5, 0.6) is 5.88 Å². The van der Waals surface area contributed by atoms with E-state index >= 15 is 0 Å². The highest BCUT2D eigenvalue weighted by Crippen LogP contribution is 2.36. The van der Waals surface area contributed by atoms with Gasteiger partial charge in [0.25, 0.3) is 5.91 Å². The predicted molar refractivity (Wildman–Crippen MR) is 131 cm³/mol. The second-order valence-corrected chi connectivity index (χ2v) is 9.79. The molecule has 6 nitrogen and oxygen atoms in total. The zero-order chi connectivity index (χ0) is 22.6. The molecule has 0 N–H and O–H groups in total. The van der Waals surface area contributed by atoms with Crippen LogP contribution < -0.4 is 9.64 Å². The Labute approximate surface area is 198 Å². The van der Waals surface area contributed by atoms with E-state index in [9.17, 15) is 10.1 Å². The van der Waals surface area contributed by atoms with Gasteiger partial charge in [0.1, 0.15) is 11.6 Å². The summed E-state index contributed by atoms with van der Waals surface area (Å²) >= 11 is 1.48. The van der Waals surface area contributed by atoms with Crippen LogP contribution >= 0.6 is 11.3 Å². The zero-order valence-electron chi connectivity index (χ0n) is 18.7. The van der Waals surface area contributed by atoms with Crippen LogP contribution in [0.25, 0.3) is 10.9 Å². The molecule has 3 aromatic rings. The first-order valence-corrected chi connectivity index (χ1v) is 12.7. The molecule has 7 heteroatoms. The third kappa shape index (κ3) is 4.53. The van der Waals surface area contributed by atoms with Crippen LogP contribution in [0.2, 0.25) is 0 Å². The number of anilines is 1. The Morgan fingerprint density at radius 1 is 1.09 bits per heavy atom. The van der Waals surface area contributed by atoms with Gasteiger partial charge in [-0.25, -0.2) is 4.98 Å². The standard InChI is InChI=1S/C26H28N4O2S/c27-17-21-24(29-12-14-30(15-13-29)26(31)23-11-6-16-33-23)20-9-4-5-10-22(20)28-25(21)32-18-19-7-2-1-3-8-19/h4-6,9-11,16,19H,1-3,7-8,12-15,18H2. The smallest absolute Gasteiger partial charge is 0.264 e. The number of fused-ring (bicyclic) bond motifs is 1. The minimum Gasteiger partial charge on any atom is -0.476 e. The summed E-state index contributed by atoms with van der Waals surface area (Å²) in [6.45, 7) is 3.19. The number of thiophene rings is 1. The van der Waals surface area contributed by atoms with Gasteiger partial charge in [0.05, 0.1) is 22.7 Å². The average Bonchev–Trinajstić information content (AvgIpc) is 3.42. The van der Waals surface area contributed by atoms with E-state index in [1.807, 2.05) is 46.7 Å². The number of rotatable bonds is 5. The van der Waals surface area contributed by atoms with Gasteiger partial charge in [-0.2, -0.15) is 5.26 Å². The molecule has 1 saturated heterocycles. The van der Waals surface area contributed by atoms with E-state index in [1.54, 1.807) is 0 Å². The number of hydrogen-bond acceptors (Lipinski definition) is 6. The third-order valence-corrected chi connectivity index (χ3v) is 7.60.